The van der Waals surface area contributed by atoms with Crippen molar-refractivity contribution in [2.24, 2.45) is 11.8 Å². The molecule has 0 heterocycles. The van der Waals surface area contributed by atoms with Gasteiger partial charge in [0.1, 0.15) is 0 Å². The first-order valence-corrected chi connectivity index (χ1v) is 11.9. The molecule has 0 N–H and O–H groups in total. The van der Waals surface area contributed by atoms with Crippen LogP contribution in [0.5, 0.6) is 0 Å². The van der Waals surface area contributed by atoms with Crippen LogP contribution in [-0.2, 0) is 0 Å². The Morgan fingerprint density at radius 2 is 0.824 bits per heavy atom. The van der Waals surface area contributed by atoms with Crippen molar-refractivity contribution in [2.45, 2.75) is 11.8 Å². The highest BCUT2D eigenvalue weighted by Gasteiger charge is 2.57. The van der Waals surface area contributed by atoms with E-state index in [4.69, 9.17) is 0 Å². The first kappa shape index (κ1) is 18.4. The summed E-state index contributed by atoms with van der Waals surface area (Å²) in [7, 11) is 0. The second kappa shape index (κ2) is 6.30. The number of hydrogen-bond acceptors (Lipinski definition) is 2. The monoisotopic (exact) mass is 436 g/mol. The van der Waals surface area contributed by atoms with Gasteiger partial charge in [-0.1, -0.05) is 84.9 Å². The molecular formula is C32H20O2. The van der Waals surface area contributed by atoms with E-state index in [0.717, 1.165) is 0 Å². The minimum atomic E-state index is -0.340. The standard InChI is InChI=1S/C32H20O2/c33-31-23-11-5-6-12-24(23)32(34)30-28-22-10-4-3-9-21(22)27(29(30)31)25-15-19-13-17-7-1-2-8-18(17)14-20(19)16-26(25)28/h1-16,27-30H/t27-,28+,29-,30+. The van der Waals surface area contributed by atoms with Crippen LogP contribution in [0.1, 0.15) is 54.8 Å². The summed E-state index contributed by atoms with van der Waals surface area (Å²) in [5.74, 6) is -0.632. The van der Waals surface area contributed by atoms with Crippen molar-refractivity contribution >= 4 is 33.1 Å². The third-order valence-electron chi connectivity index (χ3n) is 8.41. The zero-order valence-electron chi connectivity index (χ0n) is 18.4. The maximum absolute atomic E-state index is 13.9. The van der Waals surface area contributed by atoms with Gasteiger partial charge in [0, 0.05) is 34.8 Å². The fourth-order valence-electron chi connectivity index (χ4n) is 7.07. The predicted molar refractivity (Wildman–Crippen MR) is 134 cm³/mol. The van der Waals surface area contributed by atoms with Gasteiger partial charge in [-0.25, -0.2) is 0 Å². The van der Waals surface area contributed by atoms with Crippen molar-refractivity contribution in [1.29, 1.82) is 0 Å². The largest absolute Gasteiger partial charge is 0.294 e. The van der Waals surface area contributed by atoms with E-state index >= 15 is 0 Å². The van der Waals surface area contributed by atoms with Gasteiger partial charge < -0.3 is 0 Å². The molecule has 0 saturated carbocycles. The predicted octanol–water partition coefficient (Wildman–Crippen LogP) is 6.90. The SMILES string of the molecule is O=C1c2ccccc2C(=O)[C@H]2[C@H]3c4ccccc4[C@H](c4cc5cc6ccccc6cc5cc43)[C@@H]12. The topological polar surface area (TPSA) is 34.1 Å². The quantitative estimate of drug-likeness (QED) is 0.248. The number of Topliss-reactive ketones (excluding diaryl/α,β-unsaturated/α-hetero) is 2. The van der Waals surface area contributed by atoms with E-state index in [0.29, 0.717) is 11.1 Å². The summed E-state index contributed by atoms with van der Waals surface area (Å²) in [6.07, 6.45) is 0. The van der Waals surface area contributed by atoms with Crippen LogP contribution < -0.4 is 0 Å². The van der Waals surface area contributed by atoms with Gasteiger partial charge in [0.25, 0.3) is 0 Å². The maximum Gasteiger partial charge on any atom is 0.168 e. The molecule has 0 radical (unpaired) electrons. The molecule has 0 fully saturated rings. The van der Waals surface area contributed by atoms with E-state index in [1.165, 1.54) is 43.8 Å². The minimum Gasteiger partial charge on any atom is -0.294 e. The molecule has 0 saturated heterocycles. The maximum atomic E-state index is 13.9. The summed E-state index contributed by atoms with van der Waals surface area (Å²) in [4.78, 5) is 27.8. The van der Waals surface area contributed by atoms with Crippen LogP contribution in [0.15, 0.2) is 97.1 Å². The van der Waals surface area contributed by atoms with Crippen LogP contribution in [-0.4, -0.2) is 11.6 Å². The van der Waals surface area contributed by atoms with E-state index in [2.05, 4.69) is 72.8 Å². The second-order valence-electron chi connectivity index (χ2n) is 9.94. The molecule has 5 aromatic rings. The molecule has 4 aliphatic rings. The molecule has 2 bridgehead atoms. The zero-order valence-corrected chi connectivity index (χ0v) is 18.4. The Hall–Kier alpha value is -4.04. The molecule has 34 heavy (non-hydrogen) atoms. The van der Waals surface area contributed by atoms with E-state index in [1.54, 1.807) is 0 Å². The summed E-state index contributed by atoms with van der Waals surface area (Å²) in [6.45, 7) is 0. The average Bonchev–Trinajstić information content (AvgIpc) is 2.89. The summed E-state index contributed by atoms with van der Waals surface area (Å²) < 4.78 is 0. The molecule has 4 aliphatic carbocycles. The smallest absolute Gasteiger partial charge is 0.168 e. The van der Waals surface area contributed by atoms with Gasteiger partial charge in [-0.05, 0) is 55.9 Å². The summed E-state index contributed by atoms with van der Waals surface area (Å²) >= 11 is 0. The highest BCUT2D eigenvalue weighted by atomic mass is 16.1. The van der Waals surface area contributed by atoms with E-state index in [9.17, 15) is 9.59 Å². The van der Waals surface area contributed by atoms with Crippen molar-refractivity contribution in [3.05, 3.63) is 130 Å². The lowest BCUT2D eigenvalue weighted by Crippen LogP contribution is -2.50. The van der Waals surface area contributed by atoms with Gasteiger partial charge in [0.2, 0.25) is 0 Å². The summed E-state index contributed by atoms with van der Waals surface area (Å²) in [5.41, 5.74) is 6.03. The van der Waals surface area contributed by atoms with Crippen molar-refractivity contribution in [1.82, 2.24) is 0 Å². The van der Waals surface area contributed by atoms with Crippen LogP contribution in [0.4, 0.5) is 0 Å². The van der Waals surface area contributed by atoms with Gasteiger partial charge >= 0.3 is 0 Å². The molecule has 0 spiro atoms. The number of carbonyl (C=O) groups is 2. The van der Waals surface area contributed by atoms with Gasteiger partial charge in [-0.3, -0.25) is 9.59 Å². The second-order valence-corrected chi connectivity index (χ2v) is 9.94. The number of benzene rings is 5. The van der Waals surface area contributed by atoms with Gasteiger partial charge in [0.15, 0.2) is 11.6 Å². The number of ketones is 2. The lowest BCUT2D eigenvalue weighted by Gasteiger charge is -2.51. The molecule has 2 heteroatoms. The number of hydrogen-bond donors (Lipinski definition) is 0. The van der Waals surface area contributed by atoms with Gasteiger partial charge in [0.05, 0.1) is 0 Å². The fraction of sp³-hybridized carbons (Fsp3) is 0.125. The van der Waals surface area contributed by atoms with E-state index in [1.807, 2.05) is 24.3 Å². The number of carbonyl (C=O) groups excluding carboxylic acids is 2. The molecule has 5 aromatic carbocycles. The molecule has 160 valence electrons. The van der Waals surface area contributed by atoms with E-state index < -0.39 is 0 Å². The number of fused-ring (bicyclic) bond motifs is 3. The Morgan fingerprint density at radius 3 is 1.29 bits per heavy atom. The molecule has 0 unspecified atom stereocenters. The Balaban J connectivity index is 1.45. The Morgan fingerprint density at radius 1 is 0.412 bits per heavy atom. The van der Waals surface area contributed by atoms with Gasteiger partial charge in [-0.15, -0.1) is 0 Å². The Bertz CT molecular complexity index is 1600. The Kier molecular flexibility index (Phi) is 3.41. The summed E-state index contributed by atoms with van der Waals surface area (Å²) in [6, 6.07) is 33.3. The van der Waals surface area contributed by atoms with Crippen LogP contribution in [0.25, 0.3) is 21.5 Å². The molecule has 4 atom stereocenters. The molecule has 9 rings (SSSR count). The zero-order chi connectivity index (χ0) is 22.6. The fourth-order valence-corrected chi connectivity index (χ4v) is 7.07. The van der Waals surface area contributed by atoms with Crippen molar-refractivity contribution in [3.8, 4) is 0 Å². The lowest BCUT2D eigenvalue weighted by atomic mass is 9.50. The normalized spacial score (nSPS) is 24.0. The first-order valence-electron chi connectivity index (χ1n) is 11.9. The third kappa shape index (κ3) is 2.16. The molecule has 0 amide bonds. The Labute approximate surface area is 196 Å². The lowest BCUT2D eigenvalue weighted by molar-refractivity contribution is 0.0664. The van der Waals surface area contributed by atoms with Crippen molar-refractivity contribution in [3.63, 3.8) is 0 Å². The third-order valence-corrected chi connectivity index (χ3v) is 8.41. The van der Waals surface area contributed by atoms with Crippen LogP contribution in [0.2, 0.25) is 0 Å². The van der Waals surface area contributed by atoms with E-state index in [-0.39, 0.29) is 35.2 Å². The number of rotatable bonds is 0. The van der Waals surface area contributed by atoms with Crippen LogP contribution in [0.3, 0.4) is 0 Å². The highest BCUT2D eigenvalue weighted by Crippen LogP contribution is 2.61. The first-order chi connectivity index (χ1) is 16.7. The molecule has 0 aliphatic heterocycles. The van der Waals surface area contributed by atoms with Gasteiger partial charge in [-0.2, -0.15) is 0 Å². The van der Waals surface area contributed by atoms with Crippen LogP contribution in [0, 0.1) is 11.8 Å². The van der Waals surface area contributed by atoms with Crippen molar-refractivity contribution < 1.29 is 9.59 Å². The molecule has 0 aromatic heterocycles. The molecule has 2 nitrogen and oxygen atoms in total. The minimum absolute atomic E-state index is 0.0955. The van der Waals surface area contributed by atoms with Crippen LogP contribution >= 0.6 is 0 Å². The van der Waals surface area contributed by atoms with Crippen molar-refractivity contribution in [2.75, 3.05) is 0 Å². The molecular weight excluding hydrogens is 416 g/mol. The average molecular weight is 437 g/mol. The summed E-state index contributed by atoms with van der Waals surface area (Å²) in [5, 5.41) is 4.81. The highest BCUT2D eigenvalue weighted by molar-refractivity contribution is 6.17.